The summed E-state index contributed by atoms with van der Waals surface area (Å²) in [5.74, 6) is -1.15. The van der Waals surface area contributed by atoms with Crippen LogP contribution >= 0.6 is 11.6 Å². The van der Waals surface area contributed by atoms with Gasteiger partial charge in [0.05, 0.1) is 5.02 Å². The van der Waals surface area contributed by atoms with Crippen molar-refractivity contribution in [2.75, 3.05) is 0 Å². The van der Waals surface area contributed by atoms with Crippen molar-refractivity contribution in [3.8, 4) is 5.75 Å². The molecule has 0 fully saturated rings. The van der Waals surface area contributed by atoms with Crippen LogP contribution in [0, 0.1) is 5.82 Å². The molecule has 0 radical (unpaired) electrons. The summed E-state index contributed by atoms with van der Waals surface area (Å²) in [5.41, 5.74) is 0.482. The van der Waals surface area contributed by atoms with Crippen LogP contribution in [-0.2, 0) is 5.41 Å². The number of hydrogen-bond donors (Lipinski definition) is 1. The van der Waals surface area contributed by atoms with E-state index in [-0.39, 0.29) is 10.4 Å². The second-order valence-corrected chi connectivity index (χ2v) is 4.39. The number of aromatic hydroxyl groups is 1. The van der Waals surface area contributed by atoms with Crippen molar-refractivity contribution in [1.82, 2.24) is 0 Å². The summed E-state index contributed by atoms with van der Waals surface area (Å²) in [6.07, 6.45) is 0. The predicted octanol–water partition coefficient (Wildman–Crippen LogP) is 3.48. The van der Waals surface area contributed by atoms with Gasteiger partial charge in [-0.15, -0.1) is 0 Å². The Morgan fingerprint density at radius 2 is 1.85 bits per heavy atom. The molecule has 1 rings (SSSR count). The zero-order valence-corrected chi connectivity index (χ0v) is 8.61. The van der Waals surface area contributed by atoms with Crippen LogP contribution in [0.1, 0.15) is 26.3 Å². The van der Waals surface area contributed by atoms with Crippen LogP contribution in [0.2, 0.25) is 5.02 Å². The van der Waals surface area contributed by atoms with Gasteiger partial charge < -0.3 is 5.11 Å². The monoisotopic (exact) mass is 202 g/mol. The fraction of sp³-hybridized carbons (Fsp3) is 0.400. The van der Waals surface area contributed by atoms with Crippen LogP contribution in [-0.4, -0.2) is 5.11 Å². The molecule has 0 spiro atoms. The Kier molecular flexibility index (Phi) is 2.53. The number of phenolic OH excluding ortho intramolecular Hbond substituents is 1. The quantitative estimate of drug-likeness (QED) is 0.683. The van der Waals surface area contributed by atoms with Gasteiger partial charge in [0.2, 0.25) is 0 Å². The molecule has 1 aromatic rings. The van der Waals surface area contributed by atoms with Gasteiger partial charge in [-0.2, -0.15) is 0 Å². The molecule has 13 heavy (non-hydrogen) atoms. The molecule has 72 valence electrons. The molecular formula is C10H12ClFO. The Hall–Kier alpha value is -0.760. The van der Waals surface area contributed by atoms with Gasteiger partial charge in [0.25, 0.3) is 0 Å². The van der Waals surface area contributed by atoms with E-state index in [2.05, 4.69) is 0 Å². The van der Waals surface area contributed by atoms with Crippen LogP contribution in [0.5, 0.6) is 5.75 Å². The predicted molar refractivity (Wildman–Crippen MR) is 51.8 cm³/mol. The second kappa shape index (κ2) is 3.18. The van der Waals surface area contributed by atoms with E-state index in [0.29, 0.717) is 5.56 Å². The minimum absolute atomic E-state index is 0.00694. The average molecular weight is 203 g/mol. The van der Waals surface area contributed by atoms with Crippen LogP contribution in [0.4, 0.5) is 4.39 Å². The molecular weight excluding hydrogens is 191 g/mol. The van der Waals surface area contributed by atoms with Crippen molar-refractivity contribution in [3.63, 3.8) is 0 Å². The fourth-order valence-corrected chi connectivity index (χ4v) is 1.56. The zero-order chi connectivity index (χ0) is 10.2. The zero-order valence-electron chi connectivity index (χ0n) is 7.86. The smallest absolute Gasteiger partial charge is 0.183 e. The van der Waals surface area contributed by atoms with Crippen molar-refractivity contribution in [2.45, 2.75) is 26.2 Å². The highest BCUT2D eigenvalue weighted by Gasteiger charge is 2.20. The largest absolute Gasteiger partial charge is 0.505 e. The van der Waals surface area contributed by atoms with E-state index < -0.39 is 11.6 Å². The summed E-state index contributed by atoms with van der Waals surface area (Å²) in [6.45, 7) is 5.81. The first-order valence-corrected chi connectivity index (χ1v) is 4.39. The van der Waals surface area contributed by atoms with E-state index in [1.54, 1.807) is 6.07 Å². The van der Waals surface area contributed by atoms with Crippen LogP contribution in [0.25, 0.3) is 0 Å². The minimum Gasteiger partial charge on any atom is -0.505 e. The molecule has 1 aromatic carbocycles. The summed E-state index contributed by atoms with van der Waals surface area (Å²) in [7, 11) is 0. The Bertz CT molecular complexity index is 328. The molecule has 0 atom stereocenters. The molecule has 1 N–H and O–H groups in total. The summed E-state index contributed by atoms with van der Waals surface area (Å²) >= 11 is 5.75. The molecule has 0 saturated carbocycles. The van der Waals surface area contributed by atoms with Crippen molar-refractivity contribution in [2.24, 2.45) is 0 Å². The van der Waals surface area contributed by atoms with Gasteiger partial charge in [-0.1, -0.05) is 38.4 Å². The Balaban J connectivity index is 3.35. The number of hydrogen-bond acceptors (Lipinski definition) is 1. The highest BCUT2D eigenvalue weighted by molar-refractivity contribution is 6.31. The van der Waals surface area contributed by atoms with E-state index in [9.17, 15) is 4.39 Å². The van der Waals surface area contributed by atoms with Crippen molar-refractivity contribution >= 4 is 11.6 Å². The van der Waals surface area contributed by atoms with Crippen molar-refractivity contribution in [3.05, 3.63) is 28.5 Å². The third kappa shape index (κ3) is 1.94. The standard InChI is InChI=1S/C10H12ClFO/c1-10(2,3)6-4-5-7(13)9(12)8(6)11/h4-5,13H,1-3H3. The second-order valence-electron chi connectivity index (χ2n) is 4.01. The van der Waals surface area contributed by atoms with Crippen molar-refractivity contribution in [1.29, 1.82) is 0 Å². The van der Waals surface area contributed by atoms with E-state index in [1.807, 2.05) is 20.8 Å². The maximum atomic E-state index is 13.1. The van der Waals surface area contributed by atoms with Crippen LogP contribution < -0.4 is 0 Å². The van der Waals surface area contributed by atoms with E-state index in [0.717, 1.165) is 0 Å². The lowest BCUT2D eigenvalue weighted by molar-refractivity contribution is 0.430. The Morgan fingerprint density at radius 3 is 2.31 bits per heavy atom. The lowest BCUT2D eigenvalue weighted by Crippen LogP contribution is -2.12. The van der Waals surface area contributed by atoms with Gasteiger partial charge in [0, 0.05) is 0 Å². The molecule has 0 aliphatic carbocycles. The molecule has 0 bridgehead atoms. The molecule has 0 aliphatic heterocycles. The Labute approximate surface area is 82.2 Å². The maximum Gasteiger partial charge on any atom is 0.183 e. The minimum atomic E-state index is -0.742. The number of halogens is 2. The highest BCUT2D eigenvalue weighted by atomic mass is 35.5. The lowest BCUT2D eigenvalue weighted by atomic mass is 9.87. The molecule has 3 heteroatoms. The van der Waals surface area contributed by atoms with Gasteiger partial charge in [0.15, 0.2) is 11.6 Å². The molecule has 1 nitrogen and oxygen atoms in total. The van der Waals surface area contributed by atoms with E-state index >= 15 is 0 Å². The summed E-state index contributed by atoms with van der Waals surface area (Å²) < 4.78 is 13.1. The topological polar surface area (TPSA) is 20.2 Å². The fourth-order valence-electron chi connectivity index (χ4n) is 1.12. The summed E-state index contributed by atoms with van der Waals surface area (Å²) in [6, 6.07) is 2.96. The number of phenols is 1. The third-order valence-electron chi connectivity index (χ3n) is 1.87. The molecule has 0 amide bonds. The molecule has 0 saturated heterocycles. The van der Waals surface area contributed by atoms with Crippen molar-refractivity contribution < 1.29 is 9.50 Å². The summed E-state index contributed by atoms with van der Waals surface area (Å²) in [5, 5.41) is 9.04. The first kappa shape index (κ1) is 10.3. The van der Waals surface area contributed by atoms with E-state index in [4.69, 9.17) is 16.7 Å². The van der Waals surface area contributed by atoms with Gasteiger partial charge in [-0.3, -0.25) is 0 Å². The van der Waals surface area contributed by atoms with Gasteiger partial charge in [-0.25, -0.2) is 4.39 Å². The van der Waals surface area contributed by atoms with Crippen LogP contribution in [0.3, 0.4) is 0 Å². The lowest BCUT2D eigenvalue weighted by Gasteiger charge is -2.20. The highest BCUT2D eigenvalue weighted by Crippen LogP contribution is 2.34. The van der Waals surface area contributed by atoms with Crippen LogP contribution in [0.15, 0.2) is 12.1 Å². The maximum absolute atomic E-state index is 13.1. The van der Waals surface area contributed by atoms with E-state index in [1.165, 1.54) is 6.07 Å². The molecule has 0 aliphatic rings. The molecule has 0 aromatic heterocycles. The molecule has 0 unspecified atom stereocenters. The van der Waals surface area contributed by atoms with Gasteiger partial charge >= 0.3 is 0 Å². The first-order valence-electron chi connectivity index (χ1n) is 4.01. The van der Waals surface area contributed by atoms with Gasteiger partial charge in [0.1, 0.15) is 0 Å². The molecule has 0 heterocycles. The number of rotatable bonds is 0. The average Bonchev–Trinajstić information content (AvgIpc) is 1.98. The third-order valence-corrected chi connectivity index (χ3v) is 2.24. The Morgan fingerprint density at radius 1 is 1.31 bits per heavy atom. The van der Waals surface area contributed by atoms with Gasteiger partial charge in [-0.05, 0) is 17.0 Å². The SMILES string of the molecule is CC(C)(C)c1ccc(O)c(F)c1Cl. The number of benzene rings is 1. The first-order chi connectivity index (χ1) is 5.84. The summed E-state index contributed by atoms with van der Waals surface area (Å²) in [4.78, 5) is 0. The normalized spacial score (nSPS) is 11.8.